The molecule has 6 rings (SSSR count). The molecule has 0 radical (unpaired) electrons. The van der Waals surface area contributed by atoms with Crippen molar-refractivity contribution in [3.8, 4) is 17.6 Å². The summed E-state index contributed by atoms with van der Waals surface area (Å²) in [6.07, 6.45) is 5.35. The molecule has 196 valence electrons. The van der Waals surface area contributed by atoms with Gasteiger partial charge in [0, 0.05) is 37.3 Å². The highest BCUT2D eigenvalue weighted by Gasteiger charge is 2.76. The van der Waals surface area contributed by atoms with Gasteiger partial charge >= 0.3 is 0 Å². The molecule has 0 saturated heterocycles. The highest BCUT2D eigenvalue weighted by Crippen LogP contribution is 2.69. The maximum atomic E-state index is 12.8. The van der Waals surface area contributed by atoms with E-state index >= 15 is 0 Å². The predicted octanol–water partition coefficient (Wildman–Crippen LogP) is 3.40. The van der Waals surface area contributed by atoms with Crippen LogP contribution in [0.15, 0.2) is 91.5 Å². The molecule has 1 saturated carbocycles. The first-order valence-electron chi connectivity index (χ1n) is 12.8. The maximum Gasteiger partial charge on any atom is 0.177 e. The molecule has 4 aromatic rings. The Labute approximate surface area is 226 Å². The van der Waals surface area contributed by atoms with E-state index in [9.17, 15) is 15.5 Å². The molecule has 2 aliphatic rings. The van der Waals surface area contributed by atoms with Gasteiger partial charge < -0.3 is 25.0 Å². The van der Waals surface area contributed by atoms with E-state index in [1.165, 1.54) is 13.3 Å². The molecule has 3 heterocycles. The van der Waals surface area contributed by atoms with E-state index in [2.05, 4.69) is 21.4 Å². The van der Waals surface area contributed by atoms with Crippen LogP contribution >= 0.6 is 0 Å². The van der Waals surface area contributed by atoms with Crippen molar-refractivity contribution in [3.05, 3.63) is 119 Å². The molecule has 1 fully saturated rings. The Hall–Kier alpha value is -4.29. The summed E-state index contributed by atoms with van der Waals surface area (Å²) in [5.74, 6) is -0.260. The Kier molecular flexibility index (Phi) is 6.28. The molecular weight excluding hydrogens is 492 g/mol. The standard InChI is InChI=1S/C31H28N4O4/c1-38-25-18-35-19-26-28(25)30(37)29(36)24(17-34-16-21-6-5-13-33-15-21)27(22-7-3-2-4-8-22)31(30,39-26)23-11-9-20(14-32)10-12-23/h2-13,15,18-19,24,27,29,34,36-37H,16-17H2,1H3/t24?,27?,29-,30+,31?/m1/s1. The second kappa shape index (κ2) is 9.79. The molecule has 3 N–H and O–H groups in total. The molecule has 0 spiro atoms. The molecule has 8 heteroatoms. The van der Waals surface area contributed by atoms with Crippen LogP contribution in [0.4, 0.5) is 0 Å². The van der Waals surface area contributed by atoms with Crippen LogP contribution in [0.3, 0.4) is 0 Å². The fourth-order valence-corrected chi connectivity index (χ4v) is 6.44. The minimum absolute atomic E-state index is 0.334. The van der Waals surface area contributed by atoms with Gasteiger partial charge in [0.05, 0.1) is 42.8 Å². The summed E-state index contributed by atoms with van der Waals surface area (Å²) in [6.45, 7) is 0.938. The van der Waals surface area contributed by atoms with Crippen molar-refractivity contribution in [2.24, 2.45) is 5.92 Å². The second-order valence-corrected chi connectivity index (χ2v) is 10.00. The largest absolute Gasteiger partial charge is 0.495 e. The minimum Gasteiger partial charge on any atom is -0.495 e. The molecular formula is C31H28N4O4. The maximum absolute atomic E-state index is 12.8. The number of aliphatic hydroxyl groups excluding tert-OH is 1. The van der Waals surface area contributed by atoms with Crippen molar-refractivity contribution in [1.82, 2.24) is 15.3 Å². The van der Waals surface area contributed by atoms with Gasteiger partial charge in [0.15, 0.2) is 11.2 Å². The van der Waals surface area contributed by atoms with Crippen LogP contribution in [0.2, 0.25) is 0 Å². The van der Waals surface area contributed by atoms with Gasteiger partial charge in [-0.1, -0.05) is 48.5 Å². The smallest absolute Gasteiger partial charge is 0.177 e. The Bertz CT molecular complexity index is 1510. The quantitative estimate of drug-likeness (QED) is 0.339. The second-order valence-electron chi connectivity index (χ2n) is 10.00. The molecule has 8 nitrogen and oxygen atoms in total. The van der Waals surface area contributed by atoms with Crippen LogP contribution in [0.25, 0.3) is 0 Å². The summed E-state index contributed by atoms with van der Waals surface area (Å²) in [4.78, 5) is 8.45. The minimum atomic E-state index is -1.88. The molecule has 0 bridgehead atoms. The van der Waals surface area contributed by atoms with Gasteiger partial charge in [-0.2, -0.15) is 5.26 Å². The fraction of sp³-hybridized carbons (Fsp3) is 0.258. The lowest BCUT2D eigenvalue weighted by atomic mass is 9.70. The van der Waals surface area contributed by atoms with E-state index in [0.717, 1.165) is 11.1 Å². The number of nitriles is 1. The number of hydrogen-bond acceptors (Lipinski definition) is 8. The van der Waals surface area contributed by atoms with Crippen LogP contribution in [0, 0.1) is 17.2 Å². The van der Waals surface area contributed by atoms with Gasteiger partial charge in [-0.25, -0.2) is 0 Å². The monoisotopic (exact) mass is 520 g/mol. The zero-order chi connectivity index (χ0) is 27.0. The number of rotatable bonds is 7. The van der Waals surface area contributed by atoms with Crippen LogP contribution in [-0.2, 0) is 17.7 Å². The molecule has 5 atom stereocenters. The first-order chi connectivity index (χ1) is 19.0. The predicted molar refractivity (Wildman–Crippen MR) is 143 cm³/mol. The van der Waals surface area contributed by atoms with Crippen molar-refractivity contribution < 1.29 is 19.7 Å². The number of aliphatic hydroxyl groups is 2. The lowest BCUT2D eigenvalue weighted by molar-refractivity contribution is -0.152. The van der Waals surface area contributed by atoms with Crippen LogP contribution < -0.4 is 14.8 Å². The Morgan fingerprint density at radius 3 is 2.51 bits per heavy atom. The van der Waals surface area contributed by atoms with E-state index < -0.39 is 29.1 Å². The van der Waals surface area contributed by atoms with E-state index in [4.69, 9.17) is 9.47 Å². The number of methoxy groups -OCH3 is 1. The van der Waals surface area contributed by atoms with Crippen molar-refractivity contribution in [3.63, 3.8) is 0 Å². The first-order valence-corrected chi connectivity index (χ1v) is 12.8. The number of benzene rings is 2. The fourth-order valence-electron chi connectivity index (χ4n) is 6.44. The van der Waals surface area contributed by atoms with E-state index in [0.29, 0.717) is 41.3 Å². The number of hydrogen-bond donors (Lipinski definition) is 3. The van der Waals surface area contributed by atoms with Gasteiger partial charge in [-0.05, 0) is 34.9 Å². The summed E-state index contributed by atoms with van der Waals surface area (Å²) in [5.41, 5.74) is 0.101. The number of nitrogens with zero attached hydrogens (tertiary/aromatic N) is 3. The van der Waals surface area contributed by atoms with Gasteiger partial charge in [0.25, 0.3) is 0 Å². The topological polar surface area (TPSA) is 121 Å². The molecule has 3 unspecified atom stereocenters. The third kappa shape index (κ3) is 3.70. The van der Waals surface area contributed by atoms with Crippen LogP contribution in [-0.4, -0.2) is 39.9 Å². The SMILES string of the molecule is COc1cncc2c1[C@]1(O)[C@H](O)C(CNCc3cccnc3)C(c3ccccc3)C1(c1ccc(C#N)cc1)O2. The van der Waals surface area contributed by atoms with E-state index in [-0.39, 0.29) is 0 Å². The van der Waals surface area contributed by atoms with Gasteiger partial charge in [-0.3, -0.25) is 9.97 Å². The summed E-state index contributed by atoms with van der Waals surface area (Å²) in [5, 5.41) is 37.9. The van der Waals surface area contributed by atoms with Crippen molar-refractivity contribution in [2.75, 3.05) is 13.7 Å². The molecule has 1 aliphatic heterocycles. The van der Waals surface area contributed by atoms with Crippen molar-refractivity contribution in [1.29, 1.82) is 5.26 Å². The molecule has 2 aromatic carbocycles. The molecule has 1 aliphatic carbocycles. The Balaban J connectivity index is 1.54. The number of nitrogens with one attached hydrogen (secondary N) is 1. The summed E-state index contributed by atoms with van der Waals surface area (Å²) in [7, 11) is 1.51. The molecule has 2 aromatic heterocycles. The van der Waals surface area contributed by atoms with Gasteiger partial charge in [0.1, 0.15) is 11.5 Å². The number of aromatic nitrogens is 2. The Morgan fingerprint density at radius 2 is 1.82 bits per heavy atom. The summed E-state index contributed by atoms with van der Waals surface area (Å²) >= 11 is 0. The Morgan fingerprint density at radius 1 is 1.03 bits per heavy atom. The lowest BCUT2D eigenvalue weighted by Crippen LogP contribution is -2.52. The van der Waals surface area contributed by atoms with Crippen LogP contribution in [0.1, 0.15) is 33.7 Å². The van der Waals surface area contributed by atoms with Crippen molar-refractivity contribution >= 4 is 0 Å². The highest BCUT2D eigenvalue weighted by atomic mass is 16.5. The number of pyridine rings is 2. The normalized spacial score (nSPS) is 26.8. The molecule has 0 amide bonds. The highest BCUT2D eigenvalue weighted by molar-refractivity contribution is 5.59. The third-order valence-corrected chi connectivity index (χ3v) is 8.05. The van der Waals surface area contributed by atoms with Gasteiger partial charge in [0.2, 0.25) is 0 Å². The van der Waals surface area contributed by atoms with Gasteiger partial charge in [-0.15, -0.1) is 0 Å². The average Bonchev–Trinajstić information content (AvgIpc) is 3.36. The number of ether oxygens (including phenoxy) is 2. The number of fused-ring (bicyclic) bond motifs is 3. The zero-order valence-corrected chi connectivity index (χ0v) is 21.4. The first kappa shape index (κ1) is 25.0. The van der Waals surface area contributed by atoms with E-state index in [1.807, 2.05) is 42.5 Å². The molecule has 39 heavy (non-hydrogen) atoms. The summed E-state index contributed by atoms with van der Waals surface area (Å²) < 4.78 is 12.4. The lowest BCUT2D eigenvalue weighted by Gasteiger charge is -2.41. The van der Waals surface area contributed by atoms with Crippen LogP contribution in [0.5, 0.6) is 11.5 Å². The zero-order valence-electron chi connectivity index (χ0n) is 21.4. The van der Waals surface area contributed by atoms with Crippen molar-refractivity contribution in [2.45, 2.75) is 29.8 Å². The van der Waals surface area contributed by atoms with E-state index in [1.54, 1.807) is 42.9 Å². The average molecular weight is 521 g/mol. The summed E-state index contributed by atoms with van der Waals surface area (Å²) in [6, 6.07) is 22.8. The third-order valence-electron chi connectivity index (χ3n) is 8.05.